The van der Waals surface area contributed by atoms with Crippen LogP contribution in [0.3, 0.4) is 0 Å². The Morgan fingerprint density at radius 1 is 1.12 bits per heavy atom. The molecule has 0 radical (unpaired) electrons. The third-order valence-electron chi connectivity index (χ3n) is 3.42. The Kier molecular flexibility index (Phi) is 3.98. The molecule has 0 aliphatic carbocycles. The highest BCUT2D eigenvalue weighted by Gasteiger charge is 2.32. The molecule has 24 heavy (non-hydrogen) atoms. The van der Waals surface area contributed by atoms with Gasteiger partial charge in [0.2, 0.25) is 5.91 Å². The van der Waals surface area contributed by atoms with Crippen molar-refractivity contribution < 1.29 is 9.59 Å². The molecule has 1 aliphatic rings. The number of primary amides is 1. The second-order valence-electron chi connectivity index (χ2n) is 5.08. The molecule has 0 saturated carbocycles. The molecule has 0 bridgehead atoms. The van der Waals surface area contributed by atoms with Crippen molar-refractivity contribution in [2.75, 3.05) is 10.4 Å². The van der Waals surface area contributed by atoms with E-state index in [-0.39, 0.29) is 11.6 Å². The van der Waals surface area contributed by atoms with Crippen molar-refractivity contribution in [3.63, 3.8) is 0 Å². The number of hydrogen-bond acceptors (Lipinski definition) is 5. The summed E-state index contributed by atoms with van der Waals surface area (Å²) in [6.07, 6.45) is 0. The number of anilines is 2. The van der Waals surface area contributed by atoms with Gasteiger partial charge in [-0.1, -0.05) is 24.8 Å². The predicted molar refractivity (Wildman–Crippen MR) is 92.2 cm³/mol. The van der Waals surface area contributed by atoms with Crippen molar-refractivity contribution in [3.05, 3.63) is 72.4 Å². The van der Waals surface area contributed by atoms with Gasteiger partial charge in [0.1, 0.15) is 0 Å². The first-order valence-electron chi connectivity index (χ1n) is 7.15. The Balaban J connectivity index is 1.76. The van der Waals surface area contributed by atoms with Crippen molar-refractivity contribution in [3.8, 4) is 0 Å². The van der Waals surface area contributed by atoms with E-state index in [2.05, 4.69) is 22.5 Å². The maximum absolute atomic E-state index is 12.5. The van der Waals surface area contributed by atoms with Gasteiger partial charge in [0.05, 0.1) is 17.1 Å². The van der Waals surface area contributed by atoms with Gasteiger partial charge in [-0.2, -0.15) is 5.10 Å². The molecule has 2 aromatic rings. The summed E-state index contributed by atoms with van der Waals surface area (Å²) in [5, 5.41) is 5.48. The standard InChI is InChI=1S/C17H15N5O2/c1-11-15(17(24)22(21-11)14-5-3-2-4-6-14)20-19-13-9-7-12(8-10-13)16(18)23/h2-10,19,21H,1H2,(H2,18,23). The molecule has 4 N–H and O–H groups in total. The van der Waals surface area contributed by atoms with Gasteiger partial charge in [0.25, 0.3) is 5.91 Å². The third kappa shape index (κ3) is 2.95. The molecule has 3 rings (SSSR count). The van der Waals surface area contributed by atoms with Gasteiger partial charge >= 0.3 is 0 Å². The monoisotopic (exact) mass is 321 g/mol. The summed E-state index contributed by atoms with van der Waals surface area (Å²) in [6.45, 7) is 3.81. The highest BCUT2D eigenvalue weighted by atomic mass is 16.2. The lowest BCUT2D eigenvalue weighted by Gasteiger charge is -2.14. The van der Waals surface area contributed by atoms with E-state index in [4.69, 9.17) is 5.73 Å². The molecule has 1 fully saturated rings. The van der Waals surface area contributed by atoms with E-state index >= 15 is 0 Å². The van der Waals surface area contributed by atoms with Gasteiger partial charge < -0.3 is 5.73 Å². The van der Waals surface area contributed by atoms with E-state index in [9.17, 15) is 9.59 Å². The van der Waals surface area contributed by atoms with E-state index in [0.29, 0.717) is 22.6 Å². The number of nitrogens with zero attached hydrogens (tertiary/aromatic N) is 2. The fraction of sp³-hybridized carbons (Fsp3) is 0. The summed E-state index contributed by atoms with van der Waals surface area (Å²) in [5.41, 5.74) is 13.1. The van der Waals surface area contributed by atoms with E-state index in [1.165, 1.54) is 5.01 Å². The van der Waals surface area contributed by atoms with Crippen LogP contribution in [-0.4, -0.2) is 17.5 Å². The summed E-state index contributed by atoms with van der Waals surface area (Å²) < 4.78 is 0. The van der Waals surface area contributed by atoms with Crippen molar-refractivity contribution in [1.29, 1.82) is 0 Å². The minimum atomic E-state index is -0.505. The van der Waals surface area contributed by atoms with Crippen LogP contribution in [0.15, 0.2) is 72.0 Å². The molecule has 0 unspecified atom stereocenters. The molecule has 0 spiro atoms. The van der Waals surface area contributed by atoms with E-state index in [1.807, 2.05) is 18.2 Å². The summed E-state index contributed by atoms with van der Waals surface area (Å²) in [6, 6.07) is 15.6. The molecule has 0 atom stereocenters. The van der Waals surface area contributed by atoms with E-state index in [1.54, 1.807) is 36.4 Å². The lowest BCUT2D eigenvalue weighted by Crippen LogP contribution is -2.34. The van der Waals surface area contributed by atoms with Gasteiger partial charge in [-0.3, -0.25) is 20.4 Å². The quantitative estimate of drug-likeness (QED) is 0.745. The van der Waals surface area contributed by atoms with Crippen LogP contribution in [0.25, 0.3) is 0 Å². The number of nitrogens with one attached hydrogen (secondary N) is 2. The number of para-hydroxylation sites is 1. The Morgan fingerprint density at radius 2 is 1.79 bits per heavy atom. The normalized spacial score (nSPS) is 15.5. The second kappa shape index (κ2) is 6.25. The first-order valence-corrected chi connectivity index (χ1v) is 7.15. The Bertz CT molecular complexity index is 828. The summed E-state index contributed by atoms with van der Waals surface area (Å²) >= 11 is 0. The maximum Gasteiger partial charge on any atom is 0.299 e. The lowest BCUT2D eigenvalue weighted by molar-refractivity contribution is -0.112. The zero-order chi connectivity index (χ0) is 17.1. The summed E-state index contributed by atoms with van der Waals surface area (Å²) in [4.78, 5) is 23.5. The molecule has 120 valence electrons. The number of benzene rings is 2. The number of amides is 2. The van der Waals surface area contributed by atoms with Crippen LogP contribution in [0.2, 0.25) is 0 Å². The first-order chi connectivity index (χ1) is 11.6. The molecule has 0 aromatic heterocycles. The van der Waals surface area contributed by atoms with Crippen molar-refractivity contribution >= 4 is 28.9 Å². The lowest BCUT2D eigenvalue weighted by atomic mass is 10.2. The van der Waals surface area contributed by atoms with Crippen LogP contribution in [-0.2, 0) is 4.79 Å². The first kappa shape index (κ1) is 15.3. The van der Waals surface area contributed by atoms with E-state index in [0.717, 1.165) is 0 Å². The van der Waals surface area contributed by atoms with Crippen LogP contribution in [0.5, 0.6) is 0 Å². The number of rotatable bonds is 4. The Hall–Kier alpha value is -3.61. The van der Waals surface area contributed by atoms with Crippen LogP contribution in [0, 0.1) is 0 Å². The van der Waals surface area contributed by atoms with Crippen molar-refractivity contribution in [2.24, 2.45) is 10.8 Å². The number of hydrazine groups is 1. The van der Waals surface area contributed by atoms with E-state index < -0.39 is 5.91 Å². The van der Waals surface area contributed by atoms with Crippen molar-refractivity contribution in [2.45, 2.75) is 0 Å². The summed E-state index contributed by atoms with van der Waals surface area (Å²) in [7, 11) is 0. The molecule has 7 nitrogen and oxygen atoms in total. The number of hydrazone groups is 1. The molecule has 2 amide bonds. The zero-order valence-corrected chi connectivity index (χ0v) is 12.7. The third-order valence-corrected chi connectivity index (χ3v) is 3.42. The molecule has 1 heterocycles. The smallest absolute Gasteiger partial charge is 0.299 e. The Labute approximate surface area is 138 Å². The average molecular weight is 321 g/mol. The minimum absolute atomic E-state index is 0.179. The molecule has 1 aliphatic heterocycles. The van der Waals surface area contributed by atoms with Gasteiger partial charge in [0, 0.05) is 5.56 Å². The summed E-state index contributed by atoms with van der Waals surface area (Å²) in [5.74, 6) is -0.817. The molecule has 1 saturated heterocycles. The number of carbonyl (C=O) groups is 2. The SMILES string of the molecule is C=C1NN(c2ccccc2)C(=O)C1=NNc1ccc(C(N)=O)cc1. The topological polar surface area (TPSA) is 99.8 Å². The van der Waals surface area contributed by atoms with Crippen LogP contribution < -0.4 is 21.6 Å². The number of nitrogens with two attached hydrogens (primary N) is 1. The predicted octanol–water partition coefficient (Wildman–Crippen LogP) is 1.62. The van der Waals surface area contributed by atoms with Gasteiger partial charge in [-0.25, -0.2) is 5.01 Å². The van der Waals surface area contributed by atoms with Crippen LogP contribution in [0.4, 0.5) is 11.4 Å². The minimum Gasteiger partial charge on any atom is -0.366 e. The van der Waals surface area contributed by atoms with Crippen molar-refractivity contribution in [1.82, 2.24) is 5.43 Å². The Morgan fingerprint density at radius 3 is 2.42 bits per heavy atom. The fourth-order valence-electron chi connectivity index (χ4n) is 2.18. The highest BCUT2D eigenvalue weighted by molar-refractivity contribution is 6.51. The molecular formula is C17H15N5O2. The molecule has 2 aromatic carbocycles. The van der Waals surface area contributed by atoms with Gasteiger partial charge in [0.15, 0.2) is 5.71 Å². The molecule has 7 heteroatoms. The highest BCUT2D eigenvalue weighted by Crippen LogP contribution is 2.18. The number of carbonyl (C=O) groups excluding carboxylic acids is 2. The fourth-order valence-corrected chi connectivity index (χ4v) is 2.18. The number of hydrogen-bond donors (Lipinski definition) is 3. The average Bonchev–Trinajstić information content (AvgIpc) is 2.88. The van der Waals surface area contributed by atoms with Crippen LogP contribution in [0.1, 0.15) is 10.4 Å². The maximum atomic E-state index is 12.5. The van der Waals surface area contributed by atoms with Crippen LogP contribution >= 0.6 is 0 Å². The second-order valence-corrected chi connectivity index (χ2v) is 5.08. The largest absolute Gasteiger partial charge is 0.366 e. The molecular weight excluding hydrogens is 306 g/mol. The van der Waals surface area contributed by atoms with Gasteiger partial charge in [-0.05, 0) is 36.4 Å². The zero-order valence-electron chi connectivity index (χ0n) is 12.7. The van der Waals surface area contributed by atoms with Gasteiger partial charge in [-0.15, -0.1) is 0 Å².